The summed E-state index contributed by atoms with van der Waals surface area (Å²) in [6, 6.07) is 0. The number of hydrogen-bond acceptors (Lipinski definition) is 3. The Morgan fingerprint density at radius 1 is 0.667 bits per heavy atom. The molecule has 4 unspecified atom stereocenters. The predicted octanol–water partition coefficient (Wildman–Crippen LogP) is 16.5. The van der Waals surface area contributed by atoms with Crippen molar-refractivity contribution < 1.29 is 66.5 Å². The molecule has 4 atom stereocenters. The van der Waals surface area contributed by atoms with Crippen molar-refractivity contribution in [3.8, 4) is 0 Å². The first kappa shape index (κ1) is 73.7. The quantitative estimate of drug-likeness (QED) is 0.0629. The molecule has 0 spiro atoms. The fourth-order valence-corrected chi connectivity index (χ4v) is 1480. The maximum absolute atomic E-state index is 16.2. The third kappa shape index (κ3) is 18.4. The third-order valence-corrected chi connectivity index (χ3v) is 1100. The van der Waals surface area contributed by atoms with Crippen molar-refractivity contribution in [2.24, 2.45) is 0 Å². The fourth-order valence-electron chi connectivity index (χ4n) is 3.43. The van der Waals surface area contributed by atoms with E-state index in [4.69, 9.17) is 17.0 Å². The zero-order chi connectivity index (χ0) is 40.4. The van der Waals surface area contributed by atoms with Crippen molar-refractivity contribution in [2.45, 2.75) is 41.5 Å². The molecule has 1 saturated heterocycles. The standard InChI is InChI=1S/C11H13I35N2O2S/c1-7(2,3)50-6(49)48-8(4,31-12)9(35(16)17,36(18)32-13)47(5-51)10(39(21)45(29)42(25)26,40(22)46(30)44(28)34-15)11(48,37(19)41(23)24)38(20)43(27)33-14/h5H,1-4H3/q-4. The molecule has 1 amide bonds. The van der Waals surface area contributed by atoms with Crippen LogP contribution in [-0.4, -0.2) is 35.2 Å². The second-order valence-electron chi connectivity index (χ2n) is 8.25. The summed E-state index contributed by atoms with van der Waals surface area (Å²) in [6.45, 7) is 9.16. The van der Waals surface area contributed by atoms with Gasteiger partial charge in [0.25, 0.3) is 0 Å². The minimum absolute atomic E-state index is 0.0192. The third-order valence-electron chi connectivity index (χ3n) is 4.84. The molecule has 0 radical (unpaired) electrons. The molecule has 0 aromatic heterocycles. The number of nitrogens with zero attached hydrogens (tertiary/aromatic N) is 2. The number of piperazine rings is 1. The number of carbonyl (C=O) groups is 1. The van der Waals surface area contributed by atoms with Crippen LogP contribution in [0.15, 0.2) is 0 Å². The summed E-state index contributed by atoms with van der Waals surface area (Å²) in [6.07, 6.45) is 0.141. The summed E-state index contributed by atoms with van der Waals surface area (Å²) in [4.78, 5) is 22.6. The Hall–Kier alpha value is 24.7. The summed E-state index contributed by atoms with van der Waals surface area (Å²) in [5.41, 5.74) is 1.95. The van der Waals surface area contributed by atoms with E-state index in [9.17, 15) is 0 Å². The van der Waals surface area contributed by atoms with Crippen LogP contribution in [0.5, 0.6) is 0 Å². The van der Waals surface area contributed by atoms with Gasteiger partial charge in [-0.2, -0.15) is 0 Å². The topological polar surface area (TPSA) is 32.8 Å². The summed E-state index contributed by atoms with van der Waals surface area (Å²) in [7, 11) is -7.39. The molecule has 0 N–H and O–H groups in total. The van der Waals surface area contributed by atoms with Crippen LogP contribution in [-0.2, 0) is 4.74 Å². The van der Waals surface area contributed by atoms with Crippen LogP contribution in [0, 0.1) is 0 Å². The van der Waals surface area contributed by atoms with E-state index in [1.165, 1.54) is 0 Å². The molecule has 51 heavy (non-hydrogen) atoms. The molecular formula is C11H13I35N2O2S-4. The van der Waals surface area contributed by atoms with Gasteiger partial charge in [-0.05, 0) is 0 Å². The van der Waals surface area contributed by atoms with Crippen LogP contribution in [0.1, 0.15) is 27.7 Å². The van der Waals surface area contributed by atoms with Crippen molar-refractivity contribution in [1.82, 2.24) is 9.80 Å². The number of amides is 1. The Balaban J connectivity index is 5.42. The van der Waals surface area contributed by atoms with E-state index in [0.717, 1.165) is 0 Å². The van der Waals surface area contributed by atoms with Crippen LogP contribution in [0.25, 0.3) is 0 Å². The zero-order valence-electron chi connectivity index (χ0n) is 22.9. The molecule has 1 fully saturated rings. The number of thiocarbonyl (C=S) groups is 1. The van der Waals surface area contributed by atoms with Gasteiger partial charge < -0.3 is 0 Å². The summed E-state index contributed by atoms with van der Waals surface area (Å²) in [5, 5.41) is 0. The molecule has 0 aromatic carbocycles. The molecule has 1 aliphatic rings. The van der Waals surface area contributed by atoms with Crippen molar-refractivity contribution in [3.05, 3.63) is 0 Å². The van der Waals surface area contributed by atoms with Gasteiger partial charge in [-0.25, -0.2) is 0 Å². The molecule has 334 valence electrons. The average Bonchev–Trinajstić information content (AvgIpc) is 3.06. The summed E-state index contributed by atoms with van der Waals surface area (Å²) in [5.74, 6) is 0. The van der Waals surface area contributed by atoms with Crippen molar-refractivity contribution in [2.75, 3.05) is 0 Å². The Labute approximate surface area is 585 Å². The first-order chi connectivity index (χ1) is 23.2. The summed E-state index contributed by atoms with van der Waals surface area (Å²) < 4.78 is 7.30. The van der Waals surface area contributed by atoms with E-state index in [2.05, 4.69) is 397 Å². The van der Waals surface area contributed by atoms with Gasteiger partial charge in [0, 0.05) is 0 Å². The number of rotatable bonds is 17. The number of ether oxygens (including phenoxy) is 1. The molecule has 0 aliphatic carbocycles. The average molecular weight is 4680 g/mol. The zero-order valence-corrected chi connectivity index (χ0v) is 99.3. The fraction of sp³-hybridized carbons (Fsp3) is 0.818. The van der Waals surface area contributed by atoms with E-state index in [1.807, 2.05) is 0 Å². The second kappa shape index (κ2) is 36.3. The molecule has 1 aliphatic heterocycles. The normalized spacial score (nSPS) is 29.2. The number of alkyl halides is 7. The first-order valence-corrected chi connectivity index (χ1v) is 194. The number of hydrogen-bond donors (Lipinski definition) is 0. The Morgan fingerprint density at radius 2 is 1.14 bits per heavy atom. The Morgan fingerprint density at radius 3 is 1.47 bits per heavy atom. The number of halogens is 35. The van der Waals surface area contributed by atoms with Gasteiger partial charge in [0.1, 0.15) is 0 Å². The molecule has 0 saturated carbocycles. The van der Waals surface area contributed by atoms with Crippen molar-refractivity contribution in [1.29, 1.82) is 0 Å². The van der Waals surface area contributed by atoms with Gasteiger partial charge in [0.2, 0.25) is 0 Å². The molecule has 1 rings (SSSR count). The molecule has 40 heteroatoms. The summed E-state index contributed by atoms with van der Waals surface area (Å²) >= 11 is 55.4. The van der Waals surface area contributed by atoms with Gasteiger partial charge in [-0.1, -0.05) is 0 Å². The van der Waals surface area contributed by atoms with E-state index in [-0.39, 0.29) is 40.8 Å². The van der Waals surface area contributed by atoms with Crippen LogP contribution in [0.3, 0.4) is 0 Å². The predicted molar refractivity (Wildman–Crippen MR) is 495 cm³/mol. The van der Waals surface area contributed by atoms with Gasteiger partial charge in [0.05, 0.1) is 0 Å². The minimum atomic E-state index is -1.82. The number of carbonyl (C=O) groups excluding carboxylic acids is 1. The molecule has 4 nitrogen and oxygen atoms in total. The first-order valence-electron chi connectivity index (χ1n) is 10.0. The second-order valence-corrected chi connectivity index (χ2v) is 506. The van der Waals surface area contributed by atoms with E-state index in [1.54, 1.807) is 0 Å². The van der Waals surface area contributed by atoms with E-state index < -0.39 is 141 Å². The van der Waals surface area contributed by atoms with Gasteiger partial charge >= 0.3 is 614 Å². The van der Waals surface area contributed by atoms with Crippen LogP contribution in [0.4, 0.5) is 4.79 Å². The SMILES string of the molecule is CC(C)(C)OC(=O)N1C(C)([I-]I)C(I(I)I)(I(I)[I-]I)N(C=S)C(I(I)I(I)I(I)I)(I(I)I(I)I(I)[I-]I)C1(I(I)I(I)I)I(I)I(I)[I-]I. The maximum atomic E-state index is 16.2. The van der Waals surface area contributed by atoms with Crippen LogP contribution >= 0.6 is 485 Å². The van der Waals surface area contributed by atoms with Crippen molar-refractivity contribution in [3.63, 3.8) is 0 Å². The molecule has 0 aromatic rings. The Kier molecular flexibility index (Phi) is 52.5. The van der Waals surface area contributed by atoms with Gasteiger partial charge in [0.15, 0.2) is 0 Å². The molecule has 1 heterocycles. The molecular weight excluding hydrogens is 4670 g/mol. The monoisotopic (exact) mass is 4680 g/mol. The van der Waals surface area contributed by atoms with Crippen LogP contribution in [0.2, 0.25) is 0 Å². The van der Waals surface area contributed by atoms with Gasteiger partial charge in [-0.15, -0.1) is 0 Å². The van der Waals surface area contributed by atoms with Gasteiger partial charge in [-0.3, -0.25) is 0 Å². The Bertz CT molecular complexity index is 1150. The van der Waals surface area contributed by atoms with E-state index >= 15 is 4.79 Å². The van der Waals surface area contributed by atoms with E-state index in [0.29, 0.717) is 13.3 Å². The van der Waals surface area contributed by atoms with Crippen LogP contribution < -0.4 is 57.0 Å². The van der Waals surface area contributed by atoms with Crippen molar-refractivity contribution >= 4 is 496 Å². The molecule has 0 bridgehead atoms.